The maximum atomic E-state index is 5.26. The van der Waals surface area contributed by atoms with Crippen LogP contribution in [-0.2, 0) is 4.74 Å². The molecule has 4 nitrogen and oxygen atoms in total. The van der Waals surface area contributed by atoms with E-state index in [0.29, 0.717) is 12.6 Å². The highest BCUT2D eigenvalue weighted by Gasteiger charge is 2.11. The van der Waals surface area contributed by atoms with Gasteiger partial charge in [-0.05, 0) is 17.9 Å². The second-order valence-electron chi connectivity index (χ2n) is 4.30. The first kappa shape index (κ1) is 13.2. The smallest absolute Gasteiger partial charge is 0.138 e. The lowest BCUT2D eigenvalue weighted by Crippen LogP contribution is -2.25. The lowest BCUT2D eigenvalue weighted by molar-refractivity contribution is 0.182. The molecule has 1 N–H and O–H groups in total. The van der Waals surface area contributed by atoms with Crippen molar-refractivity contribution >= 4 is 27.4 Å². The molecule has 2 aromatic heterocycles. The van der Waals surface area contributed by atoms with Crippen LogP contribution in [0.2, 0.25) is 0 Å². The van der Waals surface area contributed by atoms with Crippen molar-refractivity contribution in [2.45, 2.75) is 32.2 Å². The van der Waals surface area contributed by atoms with Gasteiger partial charge in [-0.25, -0.2) is 9.97 Å². The number of methoxy groups -OCH3 is 1. The van der Waals surface area contributed by atoms with Crippen LogP contribution < -0.4 is 5.32 Å². The Morgan fingerprint density at radius 2 is 2.33 bits per heavy atom. The van der Waals surface area contributed by atoms with Crippen molar-refractivity contribution in [3.05, 3.63) is 17.8 Å². The van der Waals surface area contributed by atoms with E-state index in [2.05, 4.69) is 28.3 Å². The molecule has 0 radical (unpaired) electrons. The molecule has 0 amide bonds. The zero-order chi connectivity index (χ0) is 12.8. The molecule has 0 aromatic carbocycles. The maximum absolute atomic E-state index is 5.26. The van der Waals surface area contributed by atoms with Crippen molar-refractivity contribution < 1.29 is 4.74 Å². The van der Waals surface area contributed by atoms with Crippen LogP contribution in [0, 0.1) is 0 Å². The van der Waals surface area contributed by atoms with Gasteiger partial charge in [0.15, 0.2) is 0 Å². The molecule has 2 rings (SSSR count). The first-order chi connectivity index (χ1) is 8.85. The van der Waals surface area contributed by atoms with Crippen LogP contribution in [0.3, 0.4) is 0 Å². The third-order valence-corrected chi connectivity index (χ3v) is 3.70. The molecule has 98 valence electrons. The van der Waals surface area contributed by atoms with Crippen molar-refractivity contribution in [2.24, 2.45) is 0 Å². The van der Waals surface area contributed by atoms with E-state index in [4.69, 9.17) is 4.74 Å². The van der Waals surface area contributed by atoms with E-state index in [9.17, 15) is 0 Å². The van der Waals surface area contributed by atoms with Crippen LogP contribution in [0.25, 0.3) is 10.2 Å². The summed E-state index contributed by atoms with van der Waals surface area (Å²) in [5.41, 5.74) is 0. The molecule has 2 aromatic rings. The first-order valence-corrected chi connectivity index (χ1v) is 7.16. The molecule has 0 aliphatic heterocycles. The highest BCUT2D eigenvalue weighted by molar-refractivity contribution is 7.16. The van der Waals surface area contributed by atoms with Gasteiger partial charge in [0.05, 0.1) is 18.0 Å². The van der Waals surface area contributed by atoms with Crippen molar-refractivity contribution in [3.63, 3.8) is 0 Å². The molecule has 0 fully saturated rings. The summed E-state index contributed by atoms with van der Waals surface area (Å²) < 4.78 is 5.26. The number of nitrogens with one attached hydrogen (secondary N) is 1. The molecule has 18 heavy (non-hydrogen) atoms. The normalized spacial score (nSPS) is 12.8. The number of fused-ring (bicyclic) bond motifs is 1. The molecule has 0 aliphatic carbocycles. The second kappa shape index (κ2) is 6.66. The van der Waals surface area contributed by atoms with Gasteiger partial charge < -0.3 is 10.1 Å². The van der Waals surface area contributed by atoms with Gasteiger partial charge in [0, 0.05) is 7.11 Å². The highest BCUT2D eigenvalue weighted by Crippen LogP contribution is 2.24. The summed E-state index contributed by atoms with van der Waals surface area (Å²) in [6, 6.07) is 2.37. The van der Waals surface area contributed by atoms with Gasteiger partial charge in [-0.1, -0.05) is 19.8 Å². The van der Waals surface area contributed by atoms with Gasteiger partial charge in [-0.15, -0.1) is 11.3 Å². The Hall–Kier alpha value is -1.20. The maximum Gasteiger partial charge on any atom is 0.138 e. The van der Waals surface area contributed by atoms with Crippen LogP contribution in [-0.4, -0.2) is 29.7 Å². The molecule has 0 aliphatic rings. The lowest BCUT2D eigenvalue weighted by Gasteiger charge is -2.18. The summed E-state index contributed by atoms with van der Waals surface area (Å²) in [7, 11) is 1.74. The molecular weight excluding hydrogens is 246 g/mol. The van der Waals surface area contributed by atoms with E-state index in [0.717, 1.165) is 22.5 Å². The highest BCUT2D eigenvalue weighted by atomic mass is 32.1. The van der Waals surface area contributed by atoms with Crippen LogP contribution in [0.5, 0.6) is 0 Å². The van der Waals surface area contributed by atoms with Crippen molar-refractivity contribution in [1.82, 2.24) is 9.97 Å². The molecule has 1 atom stereocenters. The number of thiophene rings is 1. The van der Waals surface area contributed by atoms with Crippen molar-refractivity contribution in [2.75, 3.05) is 19.0 Å². The predicted molar refractivity (Wildman–Crippen MR) is 76.2 cm³/mol. The number of rotatable bonds is 7. The summed E-state index contributed by atoms with van der Waals surface area (Å²) in [6.07, 6.45) is 5.10. The number of unbranched alkanes of at least 4 members (excludes halogenated alkanes) is 1. The summed E-state index contributed by atoms with van der Waals surface area (Å²) >= 11 is 1.64. The molecule has 0 bridgehead atoms. The monoisotopic (exact) mass is 265 g/mol. The SMILES string of the molecule is CCCCC(COC)Nc1ncnc2sccc12. The minimum Gasteiger partial charge on any atom is -0.383 e. The Labute approximate surface area is 111 Å². The molecule has 0 spiro atoms. The fraction of sp³-hybridized carbons (Fsp3) is 0.538. The van der Waals surface area contributed by atoms with Crippen LogP contribution >= 0.6 is 11.3 Å². The van der Waals surface area contributed by atoms with E-state index in [1.807, 2.05) is 5.38 Å². The van der Waals surface area contributed by atoms with E-state index in [1.54, 1.807) is 24.8 Å². The Balaban J connectivity index is 2.12. The summed E-state index contributed by atoms with van der Waals surface area (Å²) in [5, 5.41) is 6.62. The van der Waals surface area contributed by atoms with Gasteiger partial charge in [0.2, 0.25) is 0 Å². The Kier molecular flexibility index (Phi) is 4.90. The fourth-order valence-corrected chi connectivity index (χ4v) is 2.68. The zero-order valence-electron chi connectivity index (χ0n) is 10.8. The zero-order valence-corrected chi connectivity index (χ0v) is 11.7. The number of hydrogen-bond acceptors (Lipinski definition) is 5. The average Bonchev–Trinajstić information content (AvgIpc) is 2.85. The molecular formula is C13H19N3OS. The van der Waals surface area contributed by atoms with Gasteiger partial charge in [0.1, 0.15) is 17.0 Å². The Morgan fingerprint density at radius 3 is 3.11 bits per heavy atom. The average molecular weight is 265 g/mol. The third kappa shape index (κ3) is 3.17. The Morgan fingerprint density at radius 1 is 1.44 bits per heavy atom. The molecule has 2 heterocycles. The lowest BCUT2D eigenvalue weighted by atomic mass is 10.1. The van der Waals surface area contributed by atoms with Crippen molar-refractivity contribution in [1.29, 1.82) is 0 Å². The van der Waals surface area contributed by atoms with E-state index < -0.39 is 0 Å². The van der Waals surface area contributed by atoms with Crippen LogP contribution in [0.15, 0.2) is 17.8 Å². The van der Waals surface area contributed by atoms with E-state index in [-0.39, 0.29) is 0 Å². The number of ether oxygens (including phenoxy) is 1. The van der Waals surface area contributed by atoms with Crippen molar-refractivity contribution in [3.8, 4) is 0 Å². The third-order valence-electron chi connectivity index (χ3n) is 2.88. The quantitative estimate of drug-likeness (QED) is 0.834. The van der Waals surface area contributed by atoms with Gasteiger partial charge in [0.25, 0.3) is 0 Å². The van der Waals surface area contributed by atoms with E-state index in [1.165, 1.54) is 12.8 Å². The minimum absolute atomic E-state index is 0.313. The van der Waals surface area contributed by atoms with Gasteiger partial charge >= 0.3 is 0 Å². The van der Waals surface area contributed by atoms with Gasteiger partial charge in [-0.2, -0.15) is 0 Å². The Bertz CT molecular complexity index is 486. The first-order valence-electron chi connectivity index (χ1n) is 6.28. The summed E-state index contributed by atoms with van der Waals surface area (Å²) in [5.74, 6) is 0.916. The summed E-state index contributed by atoms with van der Waals surface area (Å²) in [6.45, 7) is 2.90. The molecule has 5 heteroatoms. The number of anilines is 1. The number of hydrogen-bond donors (Lipinski definition) is 1. The van der Waals surface area contributed by atoms with Crippen LogP contribution in [0.1, 0.15) is 26.2 Å². The van der Waals surface area contributed by atoms with Gasteiger partial charge in [-0.3, -0.25) is 0 Å². The van der Waals surface area contributed by atoms with Crippen LogP contribution in [0.4, 0.5) is 5.82 Å². The number of aromatic nitrogens is 2. The minimum atomic E-state index is 0.313. The standard InChI is InChI=1S/C13H19N3OS/c1-3-4-5-10(8-17-2)16-12-11-6-7-18-13(11)15-9-14-12/h6-7,9-10H,3-5,8H2,1-2H3,(H,14,15,16). The fourth-order valence-electron chi connectivity index (χ4n) is 1.95. The second-order valence-corrected chi connectivity index (χ2v) is 5.20. The topological polar surface area (TPSA) is 47.0 Å². The van der Waals surface area contributed by atoms with E-state index >= 15 is 0 Å². The number of nitrogens with zero attached hydrogens (tertiary/aromatic N) is 2. The molecule has 1 unspecified atom stereocenters. The largest absolute Gasteiger partial charge is 0.383 e. The predicted octanol–water partition coefficient (Wildman–Crippen LogP) is 3.31. The molecule has 0 saturated carbocycles. The summed E-state index contributed by atoms with van der Waals surface area (Å²) in [4.78, 5) is 9.62. The molecule has 0 saturated heterocycles.